The third-order valence-corrected chi connectivity index (χ3v) is 5.24. The molecule has 0 atom stereocenters. The number of hydrogen-bond acceptors (Lipinski definition) is 2. The zero-order valence-electron chi connectivity index (χ0n) is 14.9. The molecule has 25 heavy (non-hydrogen) atoms. The van der Waals surface area contributed by atoms with E-state index in [1.54, 1.807) is 7.11 Å². The van der Waals surface area contributed by atoms with Crippen molar-refractivity contribution in [3.8, 4) is 5.75 Å². The molecule has 132 valence electrons. The minimum atomic E-state index is 0.178. The number of ether oxygens (including phenoxy) is 1. The van der Waals surface area contributed by atoms with E-state index in [1.165, 1.54) is 18.4 Å². The van der Waals surface area contributed by atoms with Crippen molar-refractivity contribution in [1.82, 2.24) is 5.32 Å². The molecule has 3 rings (SSSR count). The summed E-state index contributed by atoms with van der Waals surface area (Å²) in [5.74, 6) is 2.23. The van der Waals surface area contributed by atoms with Crippen LogP contribution in [0.25, 0.3) is 0 Å². The van der Waals surface area contributed by atoms with E-state index in [-0.39, 0.29) is 5.91 Å². The van der Waals surface area contributed by atoms with Crippen molar-refractivity contribution in [2.45, 2.75) is 44.6 Å². The van der Waals surface area contributed by atoms with E-state index in [9.17, 15) is 4.79 Å². The zero-order valence-corrected chi connectivity index (χ0v) is 14.9. The van der Waals surface area contributed by atoms with Gasteiger partial charge in [-0.15, -0.1) is 0 Å². The van der Waals surface area contributed by atoms with E-state index in [4.69, 9.17) is 4.74 Å². The molecule has 3 heteroatoms. The van der Waals surface area contributed by atoms with Crippen LogP contribution in [-0.2, 0) is 11.3 Å². The quantitative estimate of drug-likeness (QED) is 0.831. The third kappa shape index (κ3) is 5.09. The number of rotatable bonds is 6. The Morgan fingerprint density at radius 1 is 1.00 bits per heavy atom. The van der Waals surface area contributed by atoms with Crippen molar-refractivity contribution in [3.63, 3.8) is 0 Å². The molecule has 0 aromatic heterocycles. The van der Waals surface area contributed by atoms with E-state index in [0.29, 0.717) is 24.8 Å². The van der Waals surface area contributed by atoms with Gasteiger partial charge < -0.3 is 10.1 Å². The first-order valence-corrected chi connectivity index (χ1v) is 9.19. The summed E-state index contributed by atoms with van der Waals surface area (Å²) in [5.41, 5.74) is 2.55. The standard InChI is InChI=1S/C22H27NO2/c1-25-21-13-11-20(12-14-21)19-9-7-17(8-10-19)15-22(24)23-16-18-5-3-2-4-6-18/h2-6,11-14,17,19H,7-10,15-16H2,1H3,(H,23,24). The molecule has 1 saturated carbocycles. The first-order valence-electron chi connectivity index (χ1n) is 9.19. The Kier molecular flexibility index (Phi) is 6.10. The van der Waals surface area contributed by atoms with Gasteiger partial charge in [-0.25, -0.2) is 0 Å². The fourth-order valence-corrected chi connectivity index (χ4v) is 3.71. The number of carbonyl (C=O) groups is 1. The maximum absolute atomic E-state index is 12.2. The summed E-state index contributed by atoms with van der Waals surface area (Å²) < 4.78 is 5.23. The minimum Gasteiger partial charge on any atom is -0.497 e. The molecule has 0 aliphatic heterocycles. The monoisotopic (exact) mass is 337 g/mol. The highest BCUT2D eigenvalue weighted by Crippen LogP contribution is 2.37. The van der Waals surface area contributed by atoms with Crippen LogP contribution in [0.2, 0.25) is 0 Å². The second-order valence-electron chi connectivity index (χ2n) is 6.96. The maximum Gasteiger partial charge on any atom is 0.220 e. The molecule has 0 saturated heterocycles. The van der Waals surface area contributed by atoms with Crippen LogP contribution >= 0.6 is 0 Å². The number of benzene rings is 2. The van der Waals surface area contributed by atoms with Crippen LogP contribution in [0, 0.1) is 5.92 Å². The highest BCUT2D eigenvalue weighted by atomic mass is 16.5. The lowest BCUT2D eigenvalue weighted by Crippen LogP contribution is -2.26. The van der Waals surface area contributed by atoms with Gasteiger partial charge in [0.15, 0.2) is 0 Å². The topological polar surface area (TPSA) is 38.3 Å². The fourth-order valence-electron chi connectivity index (χ4n) is 3.71. The Balaban J connectivity index is 1.41. The number of carbonyl (C=O) groups excluding carboxylic acids is 1. The van der Waals surface area contributed by atoms with Gasteiger partial charge in [-0.2, -0.15) is 0 Å². The largest absolute Gasteiger partial charge is 0.497 e. The van der Waals surface area contributed by atoms with Gasteiger partial charge in [-0.05, 0) is 60.8 Å². The van der Waals surface area contributed by atoms with E-state index in [0.717, 1.165) is 24.2 Å². The van der Waals surface area contributed by atoms with E-state index in [2.05, 4.69) is 17.4 Å². The van der Waals surface area contributed by atoms with Gasteiger partial charge in [0.2, 0.25) is 5.91 Å². The molecule has 0 bridgehead atoms. The molecule has 0 unspecified atom stereocenters. The zero-order chi connectivity index (χ0) is 17.5. The molecule has 2 aromatic rings. The molecule has 0 spiro atoms. The summed E-state index contributed by atoms with van der Waals surface area (Å²) in [5, 5.41) is 3.05. The van der Waals surface area contributed by atoms with Gasteiger partial charge in [-0.1, -0.05) is 42.5 Å². The summed E-state index contributed by atoms with van der Waals surface area (Å²) in [6, 6.07) is 18.5. The molecule has 1 aliphatic carbocycles. The van der Waals surface area contributed by atoms with Crippen molar-refractivity contribution in [2.24, 2.45) is 5.92 Å². The highest BCUT2D eigenvalue weighted by Gasteiger charge is 2.24. The molecular formula is C22H27NO2. The fraction of sp³-hybridized carbons (Fsp3) is 0.409. The molecule has 3 nitrogen and oxygen atoms in total. The lowest BCUT2D eigenvalue weighted by atomic mass is 9.77. The van der Waals surface area contributed by atoms with Gasteiger partial charge in [0.1, 0.15) is 5.75 Å². The number of hydrogen-bond donors (Lipinski definition) is 1. The second-order valence-corrected chi connectivity index (χ2v) is 6.96. The summed E-state index contributed by atoms with van der Waals surface area (Å²) >= 11 is 0. The summed E-state index contributed by atoms with van der Waals surface area (Å²) in [4.78, 5) is 12.2. The van der Waals surface area contributed by atoms with Crippen LogP contribution < -0.4 is 10.1 Å². The predicted octanol–water partition coefficient (Wildman–Crippen LogP) is 4.68. The van der Waals surface area contributed by atoms with Crippen molar-refractivity contribution >= 4 is 5.91 Å². The first-order chi connectivity index (χ1) is 12.2. The highest BCUT2D eigenvalue weighted by molar-refractivity contribution is 5.76. The minimum absolute atomic E-state index is 0.178. The summed E-state index contributed by atoms with van der Waals surface area (Å²) in [6.07, 6.45) is 5.26. The average Bonchev–Trinajstić information content (AvgIpc) is 2.68. The molecular weight excluding hydrogens is 310 g/mol. The molecule has 0 heterocycles. The molecule has 1 aliphatic rings. The van der Waals surface area contributed by atoms with Gasteiger partial charge in [0, 0.05) is 13.0 Å². The van der Waals surface area contributed by atoms with Gasteiger partial charge >= 0.3 is 0 Å². The van der Waals surface area contributed by atoms with Gasteiger partial charge in [0.05, 0.1) is 7.11 Å². The van der Waals surface area contributed by atoms with Crippen LogP contribution in [0.1, 0.15) is 49.1 Å². The first kappa shape index (κ1) is 17.5. The smallest absolute Gasteiger partial charge is 0.220 e. The van der Waals surface area contributed by atoms with Gasteiger partial charge in [-0.3, -0.25) is 4.79 Å². The van der Waals surface area contributed by atoms with Crippen LogP contribution in [0.15, 0.2) is 54.6 Å². The van der Waals surface area contributed by atoms with Gasteiger partial charge in [0.25, 0.3) is 0 Å². The lowest BCUT2D eigenvalue weighted by molar-refractivity contribution is -0.122. The Hall–Kier alpha value is -2.29. The normalized spacial score (nSPS) is 20.0. The molecule has 0 radical (unpaired) electrons. The number of methoxy groups -OCH3 is 1. The van der Waals surface area contributed by atoms with E-state index < -0.39 is 0 Å². The van der Waals surface area contributed by atoms with Crippen LogP contribution in [0.3, 0.4) is 0 Å². The number of nitrogens with one attached hydrogen (secondary N) is 1. The Morgan fingerprint density at radius 3 is 2.32 bits per heavy atom. The average molecular weight is 337 g/mol. The van der Waals surface area contributed by atoms with Crippen molar-refractivity contribution in [1.29, 1.82) is 0 Å². The predicted molar refractivity (Wildman–Crippen MR) is 101 cm³/mol. The SMILES string of the molecule is COc1ccc(C2CCC(CC(=O)NCc3ccccc3)CC2)cc1. The Labute approximate surface area is 150 Å². The Bertz CT molecular complexity index is 658. The van der Waals surface area contributed by atoms with Crippen LogP contribution in [0.5, 0.6) is 5.75 Å². The maximum atomic E-state index is 12.2. The van der Waals surface area contributed by atoms with Crippen molar-refractivity contribution in [2.75, 3.05) is 7.11 Å². The van der Waals surface area contributed by atoms with Crippen molar-refractivity contribution in [3.05, 3.63) is 65.7 Å². The molecule has 2 aromatic carbocycles. The summed E-state index contributed by atoms with van der Waals surface area (Å²) in [7, 11) is 1.70. The summed E-state index contributed by atoms with van der Waals surface area (Å²) in [6.45, 7) is 0.626. The van der Waals surface area contributed by atoms with Crippen LogP contribution in [0.4, 0.5) is 0 Å². The number of amides is 1. The van der Waals surface area contributed by atoms with Crippen LogP contribution in [-0.4, -0.2) is 13.0 Å². The van der Waals surface area contributed by atoms with E-state index in [1.807, 2.05) is 42.5 Å². The Morgan fingerprint density at radius 2 is 1.68 bits per heavy atom. The second kappa shape index (κ2) is 8.70. The van der Waals surface area contributed by atoms with Crippen molar-refractivity contribution < 1.29 is 9.53 Å². The molecule has 1 fully saturated rings. The van der Waals surface area contributed by atoms with E-state index >= 15 is 0 Å². The molecule has 1 amide bonds. The lowest BCUT2D eigenvalue weighted by Gasteiger charge is -2.28. The molecule has 1 N–H and O–H groups in total. The third-order valence-electron chi connectivity index (χ3n) is 5.24.